The highest BCUT2D eigenvalue weighted by molar-refractivity contribution is 8.03. The Hall–Kier alpha value is -3.08. The number of nitrogens with one attached hydrogen (secondary N) is 2. The van der Waals surface area contributed by atoms with E-state index in [-0.39, 0.29) is 64.9 Å². The number of thioether (sulfide) groups is 1. The zero-order chi connectivity index (χ0) is 28.3. The fourth-order valence-electron chi connectivity index (χ4n) is 6.77. The number of nitrogens with zero attached hydrogens (tertiary/aromatic N) is 6. The summed E-state index contributed by atoms with van der Waals surface area (Å²) in [7, 11) is 0. The molecule has 5 aliphatic heterocycles. The van der Waals surface area contributed by atoms with Gasteiger partial charge in [0.2, 0.25) is 17.7 Å². The number of likely N-dealkylation sites (tertiary alicyclic amines) is 1. The van der Waals surface area contributed by atoms with Crippen molar-refractivity contribution in [3.63, 3.8) is 0 Å². The van der Waals surface area contributed by atoms with E-state index in [9.17, 15) is 24.3 Å². The highest BCUT2D eigenvalue weighted by Crippen LogP contribution is 2.52. The molecule has 1 spiro atoms. The summed E-state index contributed by atoms with van der Waals surface area (Å²) in [6.07, 6.45) is 2.64. The predicted octanol–water partition coefficient (Wildman–Crippen LogP) is -2.26. The van der Waals surface area contributed by atoms with Crippen LogP contribution < -0.4 is 16.4 Å². The van der Waals surface area contributed by atoms with Crippen LogP contribution in [0.25, 0.3) is 0 Å². The molecule has 5 N–H and O–H groups in total. The number of ether oxygens (including phenoxy) is 1. The van der Waals surface area contributed by atoms with E-state index in [1.807, 2.05) is 6.92 Å². The number of carboxylic acid groups (broad SMARTS) is 1. The van der Waals surface area contributed by atoms with Crippen LogP contribution in [0.4, 0.5) is 0 Å². The van der Waals surface area contributed by atoms with Gasteiger partial charge in [0.1, 0.15) is 24.2 Å². The number of nitrogens with two attached hydrogens (primary N) is 1. The minimum absolute atomic E-state index is 0.00477. The topological polar surface area (TPSA) is 198 Å². The van der Waals surface area contributed by atoms with E-state index in [1.54, 1.807) is 11.8 Å². The summed E-state index contributed by atoms with van der Waals surface area (Å²) in [5.41, 5.74) is 5.67. The highest BCUT2D eigenvalue weighted by atomic mass is 32.2. The quantitative estimate of drug-likeness (QED) is 0.243. The number of amides is 3. The first-order valence-electron chi connectivity index (χ1n) is 13.5. The molecule has 1 aromatic heterocycles. The van der Waals surface area contributed by atoms with Gasteiger partial charge in [-0.2, -0.15) is 0 Å². The van der Waals surface area contributed by atoms with Crippen LogP contribution in [-0.4, -0.2) is 120 Å². The van der Waals surface area contributed by atoms with Gasteiger partial charge in [-0.15, -0.1) is 16.9 Å². The van der Waals surface area contributed by atoms with Crippen LogP contribution >= 0.6 is 11.8 Å². The number of fused-ring (bicyclic) bond motifs is 1. The molecule has 0 aliphatic carbocycles. The van der Waals surface area contributed by atoms with Gasteiger partial charge in [0.25, 0.3) is 0 Å². The molecule has 15 nitrogen and oxygen atoms in total. The van der Waals surface area contributed by atoms with Crippen molar-refractivity contribution in [1.82, 2.24) is 40.6 Å². The lowest BCUT2D eigenvalue weighted by molar-refractivity contribution is -0.159. The van der Waals surface area contributed by atoms with E-state index in [1.165, 1.54) is 27.7 Å². The van der Waals surface area contributed by atoms with Crippen LogP contribution in [0.15, 0.2) is 16.9 Å². The van der Waals surface area contributed by atoms with Crippen LogP contribution in [0, 0.1) is 11.8 Å². The number of hydrogen-bond acceptors (Lipinski definition) is 11. The normalized spacial score (nSPS) is 33.1. The number of carbonyl (C=O) groups excluding carboxylic acids is 3. The summed E-state index contributed by atoms with van der Waals surface area (Å²) < 4.78 is 7.10. The van der Waals surface area contributed by atoms with Crippen LogP contribution in [0.3, 0.4) is 0 Å². The van der Waals surface area contributed by atoms with Crippen molar-refractivity contribution >= 4 is 35.5 Å². The molecule has 4 fully saturated rings. The Bertz CT molecular complexity index is 1250. The first-order chi connectivity index (χ1) is 19.1. The fourth-order valence-corrected chi connectivity index (χ4v) is 8.25. The maximum absolute atomic E-state index is 13.2. The third-order valence-corrected chi connectivity index (χ3v) is 10.1. The SMILES string of the molecule is C[C@@H](NC(=O)Cn1cnnn1)[C@H]1C(=O)N2C(C(=O)O)=C(S[C@@H]3CN[C@H](C(=O)N4CC5(CC(N)CO5)C4)C3)[C@H](C)[C@H]12. The van der Waals surface area contributed by atoms with E-state index in [0.717, 1.165) is 6.42 Å². The van der Waals surface area contributed by atoms with Crippen molar-refractivity contribution in [3.8, 4) is 0 Å². The number of β-lactam (4-membered cyclic amide) rings is 1. The lowest BCUT2D eigenvalue weighted by Gasteiger charge is -2.47. The zero-order valence-electron chi connectivity index (χ0n) is 22.2. The largest absolute Gasteiger partial charge is 0.477 e. The van der Waals surface area contributed by atoms with Gasteiger partial charge in [0.15, 0.2) is 0 Å². The van der Waals surface area contributed by atoms with Gasteiger partial charge in [-0.1, -0.05) is 6.92 Å². The molecule has 3 amide bonds. The summed E-state index contributed by atoms with van der Waals surface area (Å²) in [4.78, 5) is 54.8. The predicted molar refractivity (Wildman–Crippen MR) is 139 cm³/mol. The maximum Gasteiger partial charge on any atom is 0.353 e. The second-order valence-electron chi connectivity index (χ2n) is 11.5. The Kier molecular flexibility index (Phi) is 6.83. The Morgan fingerprint density at radius 1 is 1.38 bits per heavy atom. The number of carboxylic acids is 1. The summed E-state index contributed by atoms with van der Waals surface area (Å²) in [5.74, 6) is -2.58. The Balaban J connectivity index is 1.07. The summed E-state index contributed by atoms with van der Waals surface area (Å²) in [5, 5.41) is 26.8. The number of tetrazole rings is 1. The van der Waals surface area contributed by atoms with E-state index in [2.05, 4.69) is 26.2 Å². The van der Waals surface area contributed by atoms with Crippen LogP contribution in [0.5, 0.6) is 0 Å². The molecule has 4 saturated heterocycles. The Morgan fingerprint density at radius 3 is 2.80 bits per heavy atom. The minimum atomic E-state index is -1.15. The molecule has 0 aromatic carbocycles. The molecule has 7 atom stereocenters. The van der Waals surface area contributed by atoms with Gasteiger partial charge in [-0.25, -0.2) is 9.48 Å². The van der Waals surface area contributed by atoms with E-state index < -0.39 is 17.9 Å². The van der Waals surface area contributed by atoms with Crippen LogP contribution in [-0.2, 0) is 30.5 Å². The average Bonchev–Trinajstić information content (AvgIpc) is 3.66. The molecule has 0 bridgehead atoms. The minimum Gasteiger partial charge on any atom is -0.477 e. The van der Waals surface area contributed by atoms with Crippen molar-refractivity contribution < 1.29 is 29.0 Å². The molecular weight excluding hydrogens is 542 g/mol. The standard InChI is InChI=1S/C24H33N9O6S/c1-11-18-17(12(2)28-16(34)6-32-10-27-29-30-32)22(36)33(18)19(23(37)38)20(11)40-14-3-15(26-5-14)21(35)31-8-24(9-31)4-13(25)7-39-24/h10-15,17-18,26H,3-9,25H2,1-2H3,(H,28,34)(H,37,38)/t11-,12-,13?,14+,15+,17-,18-/m1/s1. The molecule has 216 valence electrons. The molecule has 0 saturated carbocycles. The van der Waals surface area contributed by atoms with Gasteiger partial charge in [-0.3, -0.25) is 14.4 Å². The lowest BCUT2D eigenvalue weighted by atomic mass is 9.78. The molecule has 1 aromatic rings. The van der Waals surface area contributed by atoms with Gasteiger partial charge in [0, 0.05) is 34.7 Å². The molecule has 5 aliphatic rings. The monoisotopic (exact) mass is 575 g/mol. The molecule has 0 radical (unpaired) electrons. The smallest absolute Gasteiger partial charge is 0.353 e. The van der Waals surface area contributed by atoms with Crippen molar-refractivity contribution in [3.05, 3.63) is 16.9 Å². The third kappa shape index (κ3) is 4.55. The first-order valence-corrected chi connectivity index (χ1v) is 14.3. The van der Waals surface area contributed by atoms with Gasteiger partial charge < -0.3 is 36.0 Å². The van der Waals surface area contributed by atoms with E-state index >= 15 is 0 Å². The Labute approximate surface area is 234 Å². The third-order valence-electron chi connectivity index (χ3n) is 8.61. The van der Waals surface area contributed by atoms with Gasteiger partial charge in [-0.05, 0) is 30.2 Å². The number of rotatable bonds is 8. The Morgan fingerprint density at radius 2 is 2.15 bits per heavy atom. The zero-order valence-corrected chi connectivity index (χ0v) is 23.0. The summed E-state index contributed by atoms with van der Waals surface area (Å²) in [6.45, 7) is 5.75. The second-order valence-corrected chi connectivity index (χ2v) is 12.8. The van der Waals surface area contributed by atoms with Crippen molar-refractivity contribution in [2.75, 3.05) is 26.2 Å². The van der Waals surface area contributed by atoms with Gasteiger partial charge in [0.05, 0.1) is 37.7 Å². The lowest BCUT2D eigenvalue weighted by Crippen LogP contribution is -2.66. The van der Waals surface area contributed by atoms with E-state index in [0.29, 0.717) is 37.6 Å². The number of aromatic nitrogens is 4. The maximum atomic E-state index is 13.2. The molecule has 6 rings (SSSR count). The van der Waals surface area contributed by atoms with Gasteiger partial charge >= 0.3 is 5.97 Å². The summed E-state index contributed by atoms with van der Waals surface area (Å²) in [6, 6.07) is -1.21. The van der Waals surface area contributed by atoms with Crippen molar-refractivity contribution in [2.45, 2.75) is 68.3 Å². The first kappa shape index (κ1) is 27.1. The number of aliphatic carboxylic acids is 1. The summed E-state index contributed by atoms with van der Waals surface area (Å²) >= 11 is 1.43. The molecule has 40 heavy (non-hydrogen) atoms. The highest BCUT2D eigenvalue weighted by Gasteiger charge is 2.60. The molecule has 6 heterocycles. The fraction of sp³-hybridized carbons (Fsp3) is 0.708. The van der Waals surface area contributed by atoms with Crippen molar-refractivity contribution in [2.24, 2.45) is 17.6 Å². The average molecular weight is 576 g/mol. The molecule has 16 heteroatoms. The molecular formula is C24H33N9O6S. The van der Waals surface area contributed by atoms with Crippen molar-refractivity contribution in [1.29, 1.82) is 0 Å². The number of hydrogen-bond donors (Lipinski definition) is 4. The van der Waals surface area contributed by atoms with Crippen LogP contribution in [0.1, 0.15) is 26.7 Å². The number of carbonyl (C=O) groups is 4. The van der Waals surface area contributed by atoms with Crippen LogP contribution in [0.2, 0.25) is 0 Å². The molecule has 1 unspecified atom stereocenters. The second kappa shape index (κ2) is 10.1. The van der Waals surface area contributed by atoms with E-state index in [4.69, 9.17) is 10.5 Å².